The van der Waals surface area contributed by atoms with E-state index >= 15 is 0 Å². The number of aryl methyl sites for hydroxylation is 1. The number of nitrogens with zero attached hydrogens (tertiary/aromatic N) is 3. The molecule has 0 fully saturated rings. The zero-order chi connectivity index (χ0) is 21.5. The second-order valence-corrected chi connectivity index (χ2v) is 7.95. The molecule has 0 saturated carbocycles. The number of rotatable bonds is 4. The molecule has 0 amide bonds. The fraction of sp³-hybridized carbons (Fsp3) is 0.292. The van der Waals surface area contributed by atoms with E-state index in [0.717, 1.165) is 23.3 Å². The number of hydrogen-bond acceptors (Lipinski definition) is 6. The Morgan fingerprint density at radius 3 is 2.65 bits per heavy atom. The van der Waals surface area contributed by atoms with Gasteiger partial charge in [0.25, 0.3) is 0 Å². The molecule has 7 nitrogen and oxygen atoms in total. The van der Waals surface area contributed by atoms with Crippen molar-refractivity contribution in [1.82, 2.24) is 14.8 Å². The van der Waals surface area contributed by atoms with Gasteiger partial charge >= 0.3 is 0 Å². The normalized spacial score (nSPS) is 20.0. The Hall–Kier alpha value is -3.61. The molecule has 1 aliphatic heterocycles. The van der Waals surface area contributed by atoms with Gasteiger partial charge in [0.15, 0.2) is 17.3 Å². The number of Topliss-reactive ketones (excluding diaryl/α,β-unsaturated/α-hetero) is 1. The first kappa shape index (κ1) is 19.4. The third-order valence-electron chi connectivity index (χ3n) is 6.21. The quantitative estimate of drug-likeness (QED) is 0.692. The largest absolute Gasteiger partial charge is 0.493 e. The highest BCUT2D eigenvalue weighted by Crippen LogP contribution is 2.45. The molecule has 1 aliphatic carbocycles. The molecule has 0 spiro atoms. The minimum absolute atomic E-state index is 0.128. The van der Waals surface area contributed by atoms with E-state index in [-0.39, 0.29) is 17.7 Å². The second kappa shape index (κ2) is 7.58. The highest BCUT2D eigenvalue weighted by Gasteiger charge is 2.39. The van der Waals surface area contributed by atoms with Gasteiger partial charge in [-0.3, -0.25) is 4.79 Å². The van der Waals surface area contributed by atoms with E-state index in [1.165, 1.54) is 17.5 Å². The van der Waals surface area contributed by atoms with E-state index in [1.807, 2.05) is 30.3 Å². The standard InChI is InChI=1S/C24H24N4O3/c1-14-6-4-5-7-17(14)16-10-18-22(19(29)11-16)23(28-24(27-18)25-13-26-28)15-8-9-20(30-2)21(12-15)31-3/h4-9,12-13,16,23H,10-11H2,1-3H3,(H,25,26,27)/t16-,23+/m1/s1. The maximum absolute atomic E-state index is 13.5. The van der Waals surface area contributed by atoms with Crippen LogP contribution in [0.5, 0.6) is 11.5 Å². The molecule has 0 bridgehead atoms. The van der Waals surface area contributed by atoms with Crippen molar-refractivity contribution in [2.45, 2.75) is 31.7 Å². The van der Waals surface area contributed by atoms with E-state index in [4.69, 9.17) is 9.47 Å². The number of methoxy groups -OCH3 is 2. The summed E-state index contributed by atoms with van der Waals surface area (Å²) in [5.74, 6) is 2.16. The van der Waals surface area contributed by atoms with Crippen molar-refractivity contribution in [2.75, 3.05) is 19.5 Å². The van der Waals surface area contributed by atoms with Crippen LogP contribution < -0.4 is 14.8 Å². The molecule has 0 saturated heterocycles. The number of carbonyl (C=O) groups is 1. The molecule has 3 aromatic rings. The van der Waals surface area contributed by atoms with Crippen molar-refractivity contribution in [3.8, 4) is 11.5 Å². The van der Waals surface area contributed by atoms with Crippen LogP contribution in [0.2, 0.25) is 0 Å². The lowest BCUT2D eigenvalue weighted by Crippen LogP contribution is -2.33. The molecule has 2 aliphatic rings. The summed E-state index contributed by atoms with van der Waals surface area (Å²) in [6.45, 7) is 2.10. The number of benzene rings is 2. The van der Waals surface area contributed by atoms with Crippen molar-refractivity contribution in [2.24, 2.45) is 0 Å². The number of anilines is 1. The van der Waals surface area contributed by atoms with Gasteiger partial charge in [0, 0.05) is 17.7 Å². The van der Waals surface area contributed by atoms with Gasteiger partial charge in [-0.2, -0.15) is 10.1 Å². The summed E-state index contributed by atoms with van der Waals surface area (Å²) in [6.07, 6.45) is 2.74. The zero-order valence-corrected chi connectivity index (χ0v) is 17.8. The molecule has 2 heterocycles. The fourth-order valence-electron chi connectivity index (χ4n) is 4.75. The van der Waals surface area contributed by atoms with Gasteiger partial charge < -0.3 is 14.8 Å². The van der Waals surface area contributed by atoms with Crippen LogP contribution in [0.3, 0.4) is 0 Å². The average molecular weight is 416 g/mol. The van der Waals surface area contributed by atoms with Crippen molar-refractivity contribution in [3.63, 3.8) is 0 Å². The molecule has 1 N–H and O–H groups in total. The maximum atomic E-state index is 13.5. The van der Waals surface area contributed by atoms with Gasteiger partial charge in [0.05, 0.1) is 14.2 Å². The number of aromatic nitrogens is 3. The summed E-state index contributed by atoms with van der Waals surface area (Å²) in [5.41, 5.74) is 5.00. The Morgan fingerprint density at radius 1 is 1.06 bits per heavy atom. The fourth-order valence-corrected chi connectivity index (χ4v) is 4.75. The number of allylic oxidation sites excluding steroid dienone is 2. The summed E-state index contributed by atoms with van der Waals surface area (Å²) in [4.78, 5) is 17.9. The number of carbonyl (C=O) groups excluding carboxylic acids is 1. The summed E-state index contributed by atoms with van der Waals surface area (Å²) in [5, 5.41) is 7.79. The van der Waals surface area contributed by atoms with Gasteiger partial charge in [0.1, 0.15) is 12.4 Å². The average Bonchev–Trinajstić information content (AvgIpc) is 3.25. The van der Waals surface area contributed by atoms with Crippen LogP contribution in [0.1, 0.15) is 41.5 Å². The Bertz CT molecular complexity index is 1200. The molecular weight excluding hydrogens is 392 g/mol. The third-order valence-corrected chi connectivity index (χ3v) is 6.21. The van der Waals surface area contributed by atoms with Crippen molar-refractivity contribution in [1.29, 1.82) is 0 Å². The molecule has 2 atom stereocenters. The number of nitrogens with one attached hydrogen (secondary N) is 1. The predicted octanol–water partition coefficient (Wildman–Crippen LogP) is 4.02. The lowest BCUT2D eigenvalue weighted by atomic mass is 9.77. The minimum Gasteiger partial charge on any atom is -0.493 e. The Balaban J connectivity index is 1.61. The van der Waals surface area contributed by atoms with Crippen molar-refractivity contribution < 1.29 is 14.3 Å². The lowest BCUT2D eigenvalue weighted by molar-refractivity contribution is -0.116. The van der Waals surface area contributed by atoms with Crippen LogP contribution in [-0.4, -0.2) is 34.8 Å². The number of fused-ring (bicyclic) bond motifs is 1. The van der Waals surface area contributed by atoms with Crippen LogP contribution in [-0.2, 0) is 4.79 Å². The first-order valence-corrected chi connectivity index (χ1v) is 10.3. The van der Waals surface area contributed by atoms with E-state index in [9.17, 15) is 4.79 Å². The molecule has 7 heteroatoms. The number of ether oxygens (including phenoxy) is 2. The van der Waals surface area contributed by atoms with E-state index in [0.29, 0.717) is 23.9 Å². The number of ketones is 1. The summed E-state index contributed by atoms with van der Waals surface area (Å²) < 4.78 is 12.7. The van der Waals surface area contributed by atoms with Crippen molar-refractivity contribution >= 4 is 11.7 Å². The van der Waals surface area contributed by atoms with Crippen LogP contribution >= 0.6 is 0 Å². The van der Waals surface area contributed by atoms with Crippen LogP contribution in [0.4, 0.5) is 5.95 Å². The summed E-state index contributed by atoms with van der Waals surface area (Å²) in [6, 6.07) is 13.6. The SMILES string of the molecule is COc1ccc([C@H]2C3=C(C[C@@H](c4ccccc4C)CC3=O)Nc3ncnn32)cc1OC. The third kappa shape index (κ3) is 3.17. The molecule has 5 rings (SSSR count). The predicted molar refractivity (Wildman–Crippen MR) is 117 cm³/mol. The van der Waals surface area contributed by atoms with Crippen LogP contribution in [0.15, 0.2) is 60.1 Å². The molecule has 2 aromatic carbocycles. The monoisotopic (exact) mass is 416 g/mol. The minimum atomic E-state index is -0.362. The first-order valence-electron chi connectivity index (χ1n) is 10.3. The van der Waals surface area contributed by atoms with Gasteiger partial charge in [-0.15, -0.1) is 0 Å². The molecule has 158 valence electrons. The topological polar surface area (TPSA) is 78.3 Å². The van der Waals surface area contributed by atoms with Gasteiger partial charge in [0.2, 0.25) is 5.95 Å². The molecule has 31 heavy (non-hydrogen) atoms. The molecule has 1 aromatic heterocycles. The van der Waals surface area contributed by atoms with Crippen molar-refractivity contribution in [3.05, 3.63) is 76.8 Å². The molecule has 0 unspecified atom stereocenters. The molecule has 0 radical (unpaired) electrons. The van der Waals surface area contributed by atoms with E-state index in [2.05, 4.69) is 34.5 Å². The lowest BCUT2D eigenvalue weighted by Gasteiger charge is -2.35. The maximum Gasteiger partial charge on any atom is 0.226 e. The van der Waals surface area contributed by atoms with Gasteiger partial charge in [-0.25, -0.2) is 4.68 Å². The highest BCUT2D eigenvalue weighted by atomic mass is 16.5. The number of hydrogen-bond donors (Lipinski definition) is 1. The Labute approximate surface area is 180 Å². The smallest absolute Gasteiger partial charge is 0.226 e. The van der Waals surface area contributed by atoms with Crippen LogP contribution in [0, 0.1) is 6.92 Å². The van der Waals surface area contributed by atoms with Gasteiger partial charge in [-0.1, -0.05) is 30.3 Å². The first-order chi connectivity index (χ1) is 15.1. The summed E-state index contributed by atoms with van der Waals surface area (Å²) in [7, 11) is 3.21. The zero-order valence-electron chi connectivity index (χ0n) is 17.8. The van der Waals surface area contributed by atoms with E-state index < -0.39 is 0 Å². The summed E-state index contributed by atoms with van der Waals surface area (Å²) >= 11 is 0. The van der Waals surface area contributed by atoms with Gasteiger partial charge in [-0.05, 0) is 48.1 Å². The van der Waals surface area contributed by atoms with E-state index in [1.54, 1.807) is 18.9 Å². The second-order valence-electron chi connectivity index (χ2n) is 7.95. The Kier molecular flexibility index (Phi) is 4.73. The molecular formula is C24H24N4O3. The van der Waals surface area contributed by atoms with Crippen LogP contribution in [0.25, 0.3) is 0 Å². The Morgan fingerprint density at radius 2 is 1.87 bits per heavy atom. The highest BCUT2D eigenvalue weighted by molar-refractivity contribution is 6.00.